The van der Waals surface area contributed by atoms with Gasteiger partial charge in [-0.3, -0.25) is 0 Å². The van der Waals surface area contributed by atoms with Crippen molar-refractivity contribution in [3.05, 3.63) is 35.4 Å². The Bertz CT molecular complexity index is 266. The molecule has 0 radical (unpaired) electrons. The van der Waals surface area contributed by atoms with Crippen LogP contribution in [0.5, 0.6) is 0 Å². The van der Waals surface area contributed by atoms with Crippen LogP contribution in [0.25, 0.3) is 0 Å². The minimum atomic E-state index is 0.598. The van der Waals surface area contributed by atoms with Gasteiger partial charge < -0.3 is 4.74 Å². The fourth-order valence-electron chi connectivity index (χ4n) is 1.38. The fraction of sp³-hybridized carbons (Fsp3) is 0.538. The van der Waals surface area contributed by atoms with Gasteiger partial charge >= 0.3 is 0 Å². The highest BCUT2D eigenvalue weighted by atomic mass is 16.5. The third kappa shape index (κ3) is 3.51. The topological polar surface area (TPSA) is 9.23 Å². The van der Waals surface area contributed by atoms with Crippen LogP contribution in [0, 0.1) is 0 Å². The van der Waals surface area contributed by atoms with Crippen molar-refractivity contribution in [1.29, 1.82) is 0 Å². The number of benzene rings is 1. The van der Waals surface area contributed by atoms with Gasteiger partial charge in [0.05, 0.1) is 6.61 Å². The van der Waals surface area contributed by atoms with E-state index in [0.29, 0.717) is 5.92 Å². The molecule has 1 aromatic rings. The second-order valence-electron chi connectivity index (χ2n) is 3.95. The molecule has 0 spiro atoms. The zero-order valence-corrected chi connectivity index (χ0v) is 9.42. The van der Waals surface area contributed by atoms with Gasteiger partial charge in [0, 0.05) is 6.61 Å². The minimum Gasteiger partial charge on any atom is -0.377 e. The van der Waals surface area contributed by atoms with E-state index in [1.165, 1.54) is 11.1 Å². The Morgan fingerprint density at radius 1 is 1.29 bits per heavy atom. The van der Waals surface area contributed by atoms with Crippen molar-refractivity contribution in [2.45, 2.75) is 39.7 Å². The maximum atomic E-state index is 5.50. The summed E-state index contributed by atoms with van der Waals surface area (Å²) in [6.45, 7) is 8.16. The van der Waals surface area contributed by atoms with E-state index in [4.69, 9.17) is 4.74 Å². The summed E-state index contributed by atoms with van der Waals surface area (Å²) in [4.78, 5) is 0. The summed E-state index contributed by atoms with van der Waals surface area (Å²) in [5.74, 6) is 0.598. The Morgan fingerprint density at radius 2 is 2.07 bits per heavy atom. The number of rotatable bonds is 5. The quantitative estimate of drug-likeness (QED) is 0.646. The van der Waals surface area contributed by atoms with Crippen molar-refractivity contribution in [2.75, 3.05) is 6.61 Å². The zero-order valence-electron chi connectivity index (χ0n) is 9.42. The lowest BCUT2D eigenvalue weighted by molar-refractivity contribution is 0.121. The van der Waals surface area contributed by atoms with E-state index in [0.717, 1.165) is 19.6 Å². The highest BCUT2D eigenvalue weighted by Crippen LogP contribution is 2.15. The molecule has 0 heterocycles. The van der Waals surface area contributed by atoms with Crippen LogP contribution in [0.2, 0.25) is 0 Å². The van der Waals surface area contributed by atoms with E-state index in [-0.39, 0.29) is 0 Å². The first-order valence-corrected chi connectivity index (χ1v) is 5.40. The molecule has 0 N–H and O–H groups in total. The summed E-state index contributed by atoms with van der Waals surface area (Å²) in [5.41, 5.74) is 2.67. The van der Waals surface area contributed by atoms with Gasteiger partial charge in [-0.2, -0.15) is 0 Å². The molecule has 0 bridgehead atoms. The monoisotopic (exact) mass is 192 g/mol. The van der Waals surface area contributed by atoms with E-state index in [1.807, 2.05) is 0 Å². The highest BCUT2D eigenvalue weighted by Gasteiger charge is 1.99. The molecule has 14 heavy (non-hydrogen) atoms. The molecule has 0 saturated heterocycles. The van der Waals surface area contributed by atoms with Crippen molar-refractivity contribution in [1.82, 2.24) is 0 Å². The van der Waals surface area contributed by atoms with Crippen molar-refractivity contribution in [3.63, 3.8) is 0 Å². The first-order chi connectivity index (χ1) is 6.74. The van der Waals surface area contributed by atoms with Gasteiger partial charge in [0.2, 0.25) is 0 Å². The average molecular weight is 192 g/mol. The molecule has 0 saturated carbocycles. The summed E-state index contributed by atoms with van der Waals surface area (Å²) in [7, 11) is 0. The largest absolute Gasteiger partial charge is 0.377 e. The van der Waals surface area contributed by atoms with E-state index in [2.05, 4.69) is 45.0 Å². The second kappa shape index (κ2) is 5.82. The predicted molar refractivity (Wildman–Crippen MR) is 60.5 cm³/mol. The molecular formula is C13H20O. The minimum absolute atomic E-state index is 0.598. The summed E-state index contributed by atoms with van der Waals surface area (Å²) in [6.07, 6.45) is 1.09. The Kier molecular flexibility index (Phi) is 4.68. The van der Waals surface area contributed by atoms with Gasteiger partial charge in [-0.15, -0.1) is 0 Å². The van der Waals surface area contributed by atoms with Crippen molar-refractivity contribution in [2.24, 2.45) is 0 Å². The first kappa shape index (κ1) is 11.3. The first-order valence-electron chi connectivity index (χ1n) is 5.40. The normalized spacial score (nSPS) is 10.9. The molecule has 1 nitrogen and oxygen atoms in total. The lowest BCUT2D eigenvalue weighted by Crippen LogP contribution is -1.95. The molecule has 0 atom stereocenters. The van der Waals surface area contributed by atoms with Crippen LogP contribution in [-0.2, 0) is 11.3 Å². The van der Waals surface area contributed by atoms with Crippen molar-refractivity contribution in [3.8, 4) is 0 Å². The van der Waals surface area contributed by atoms with E-state index >= 15 is 0 Å². The molecule has 0 amide bonds. The smallest absolute Gasteiger partial charge is 0.0716 e. The number of hydrogen-bond donors (Lipinski definition) is 0. The van der Waals surface area contributed by atoms with E-state index in [9.17, 15) is 0 Å². The Balaban J connectivity index is 2.55. The molecule has 0 aliphatic carbocycles. The maximum absolute atomic E-state index is 5.50. The van der Waals surface area contributed by atoms with Crippen LogP contribution in [0.3, 0.4) is 0 Å². The molecule has 0 aromatic heterocycles. The lowest BCUT2D eigenvalue weighted by atomic mass is 10.0. The number of hydrogen-bond acceptors (Lipinski definition) is 1. The average Bonchev–Trinajstić information content (AvgIpc) is 2.19. The predicted octanol–water partition coefficient (Wildman–Crippen LogP) is 3.74. The SMILES string of the molecule is CCCOCc1cccc(C(C)C)c1. The summed E-state index contributed by atoms with van der Waals surface area (Å²) in [6, 6.07) is 8.65. The maximum Gasteiger partial charge on any atom is 0.0716 e. The van der Waals surface area contributed by atoms with Gasteiger partial charge in [-0.05, 0) is 23.5 Å². The van der Waals surface area contributed by atoms with E-state index in [1.54, 1.807) is 0 Å². The van der Waals surface area contributed by atoms with Crippen LogP contribution >= 0.6 is 0 Å². The van der Waals surface area contributed by atoms with Gasteiger partial charge in [-0.25, -0.2) is 0 Å². The van der Waals surface area contributed by atoms with Gasteiger partial charge in [0.1, 0.15) is 0 Å². The molecule has 1 rings (SSSR count). The van der Waals surface area contributed by atoms with Gasteiger partial charge in [0.15, 0.2) is 0 Å². The van der Waals surface area contributed by atoms with Crippen LogP contribution in [-0.4, -0.2) is 6.61 Å². The van der Waals surface area contributed by atoms with Crippen molar-refractivity contribution >= 4 is 0 Å². The lowest BCUT2D eigenvalue weighted by Gasteiger charge is -2.08. The van der Waals surface area contributed by atoms with Gasteiger partial charge in [-0.1, -0.05) is 45.0 Å². The second-order valence-corrected chi connectivity index (χ2v) is 3.95. The van der Waals surface area contributed by atoms with Crippen LogP contribution in [0.4, 0.5) is 0 Å². The molecule has 0 unspecified atom stereocenters. The number of ether oxygens (including phenoxy) is 1. The molecule has 1 aromatic carbocycles. The Labute approximate surface area is 87.1 Å². The Morgan fingerprint density at radius 3 is 2.71 bits per heavy atom. The molecule has 0 fully saturated rings. The summed E-state index contributed by atoms with van der Waals surface area (Å²) < 4.78 is 5.50. The third-order valence-corrected chi connectivity index (χ3v) is 2.23. The highest BCUT2D eigenvalue weighted by molar-refractivity contribution is 5.25. The van der Waals surface area contributed by atoms with Gasteiger partial charge in [0.25, 0.3) is 0 Å². The third-order valence-electron chi connectivity index (χ3n) is 2.23. The Hall–Kier alpha value is -0.820. The molecule has 1 heteroatoms. The molecule has 0 aliphatic rings. The molecule has 0 aliphatic heterocycles. The summed E-state index contributed by atoms with van der Waals surface area (Å²) in [5, 5.41) is 0. The van der Waals surface area contributed by atoms with Crippen LogP contribution < -0.4 is 0 Å². The van der Waals surface area contributed by atoms with Crippen LogP contribution in [0.1, 0.15) is 44.2 Å². The summed E-state index contributed by atoms with van der Waals surface area (Å²) >= 11 is 0. The van der Waals surface area contributed by atoms with Crippen molar-refractivity contribution < 1.29 is 4.74 Å². The van der Waals surface area contributed by atoms with Crippen LogP contribution in [0.15, 0.2) is 24.3 Å². The standard InChI is InChI=1S/C13H20O/c1-4-8-14-10-12-6-5-7-13(9-12)11(2)3/h5-7,9,11H,4,8,10H2,1-3H3. The van der Waals surface area contributed by atoms with E-state index < -0.39 is 0 Å². The fourth-order valence-corrected chi connectivity index (χ4v) is 1.38. The zero-order chi connectivity index (χ0) is 10.4. The molecular weight excluding hydrogens is 172 g/mol. The molecule has 78 valence electrons.